The van der Waals surface area contributed by atoms with Crippen LogP contribution in [0.5, 0.6) is 11.5 Å². The van der Waals surface area contributed by atoms with Crippen molar-refractivity contribution >= 4 is 58.2 Å². The lowest BCUT2D eigenvalue weighted by Gasteiger charge is -2.50. The van der Waals surface area contributed by atoms with Crippen molar-refractivity contribution in [3.8, 4) is 11.5 Å². The number of aromatic nitrogens is 1. The van der Waals surface area contributed by atoms with E-state index in [2.05, 4.69) is 0 Å². The van der Waals surface area contributed by atoms with Gasteiger partial charge < -0.3 is 29.1 Å². The largest absolute Gasteiger partial charge is 0.496 e. The van der Waals surface area contributed by atoms with Gasteiger partial charge in [-0.2, -0.15) is 0 Å². The van der Waals surface area contributed by atoms with E-state index in [9.17, 15) is 14.7 Å². The molecule has 3 aliphatic rings. The molecule has 2 aliphatic heterocycles. The summed E-state index contributed by atoms with van der Waals surface area (Å²) in [5.41, 5.74) is 2.31. The predicted molar refractivity (Wildman–Crippen MR) is 200 cm³/mol. The van der Waals surface area contributed by atoms with Gasteiger partial charge in [-0.25, -0.2) is 14.6 Å². The highest BCUT2D eigenvalue weighted by molar-refractivity contribution is 7.12. The Morgan fingerprint density at radius 3 is 2.44 bits per heavy atom. The number of piperazine rings is 1. The van der Waals surface area contributed by atoms with Crippen LogP contribution in [0.25, 0.3) is 5.57 Å². The molecule has 1 unspecified atom stereocenters. The molecular formula is C38H44Cl2N4O7S. The van der Waals surface area contributed by atoms with Crippen LogP contribution in [0.3, 0.4) is 0 Å². The second-order valence-electron chi connectivity index (χ2n) is 14.4. The summed E-state index contributed by atoms with van der Waals surface area (Å²) >= 11 is 14.0. The lowest BCUT2D eigenvalue weighted by molar-refractivity contribution is -0.129. The summed E-state index contributed by atoms with van der Waals surface area (Å²) in [6, 6.07) is 9.53. The smallest absolute Gasteiger partial charge is 0.410 e. The van der Waals surface area contributed by atoms with E-state index in [1.165, 1.54) is 16.2 Å². The van der Waals surface area contributed by atoms with Crippen LogP contribution in [-0.4, -0.2) is 93.4 Å². The second-order valence-corrected chi connectivity index (χ2v) is 16.3. The van der Waals surface area contributed by atoms with E-state index in [1.54, 1.807) is 57.2 Å². The number of carbonyl (C=O) groups is 3. The summed E-state index contributed by atoms with van der Waals surface area (Å²) in [5.74, 6) is 0.942. The SMILES string of the molecule is COc1cccc(CN(C(=O)C2=C(c3cnc(CCCOc4c(Cl)cccc4Cl)s3)CC3CN(C(=O)OC(C)(C)C)C[C@H]2N3C(=O)O)C2CC2)c1C. The lowest BCUT2D eigenvalue weighted by atomic mass is 9.83. The first kappa shape index (κ1) is 37.7. The first-order chi connectivity index (χ1) is 24.8. The van der Waals surface area contributed by atoms with Crippen molar-refractivity contribution in [1.29, 1.82) is 0 Å². The van der Waals surface area contributed by atoms with Crippen molar-refractivity contribution in [3.63, 3.8) is 0 Å². The summed E-state index contributed by atoms with van der Waals surface area (Å²) in [6.07, 6.45) is 3.33. The van der Waals surface area contributed by atoms with Crippen molar-refractivity contribution in [2.75, 3.05) is 26.8 Å². The maximum Gasteiger partial charge on any atom is 0.410 e. The Morgan fingerprint density at radius 1 is 1.08 bits per heavy atom. The van der Waals surface area contributed by atoms with Crippen molar-refractivity contribution in [3.05, 3.63) is 79.2 Å². The van der Waals surface area contributed by atoms with E-state index >= 15 is 4.79 Å². The Hall–Kier alpha value is -4.00. The Kier molecular flexibility index (Phi) is 11.3. The number of halogens is 2. The minimum atomic E-state index is -1.13. The van der Waals surface area contributed by atoms with E-state index < -0.39 is 29.9 Å². The van der Waals surface area contributed by atoms with Gasteiger partial charge in [-0.3, -0.25) is 9.69 Å². The van der Waals surface area contributed by atoms with Gasteiger partial charge in [0.2, 0.25) is 0 Å². The number of nitrogens with zero attached hydrogens (tertiary/aromatic N) is 4. The number of aryl methyl sites for hydroxylation is 1. The monoisotopic (exact) mass is 770 g/mol. The molecule has 14 heteroatoms. The number of carboxylic acid groups (broad SMARTS) is 1. The number of ether oxygens (including phenoxy) is 3. The van der Waals surface area contributed by atoms with Crippen molar-refractivity contribution in [2.45, 2.75) is 90.1 Å². The van der Waals surface area contributed by atoms with Gasteiger partial charge in [0.05, 0.1) is 45.7 Å². The topological polar surface area (TPSA) is 122 Å². The molecular weight excluding hydrogens is 727 g/mol. The van der Waals surface area contributed by atoms with Crippen LogP contribution in [0.4, 0.5) is 9.59 Å². The van der Waals surface area contributed by atoms with Gasteiger partial charge in [0.15, 0.2) is 5.75 Å². The third-order valence-corrected chi connectivity index (χ3v) is 11.2. The Morgan fingerprint density at radius 2 is 1.79 bits per heavy atom. The predicted octanol–water partition coefficient (Wildman–Crippen LogP) is 8.09. The molecule has 3 amide bonds. The average molecular weight is 772 g/mol. The number of para-hydroxylation sites is 1. The molecule has 3 heterocycles. The van der Waals surface area contributed by atoms with E-state index in [-0.39, 0.29) is 31.5 Å². The molecule has 2 bridgehead atoms. The Bertz CT molecular complexity index is 1850. The van der Waals surface area contributed by atoms with E-state index in [4.69, 9.17) is 42.4 Å². The number of thiazole rings is 1. The number of fused-ring (bicyclic) bond motifs is 2. The zero-order valence-corrected chi connectivity index (χ0v) is 32.3. The third kappa shape index (κ3) is 8.29. The Balaban J connectivity index is 1.34. The molecule has 1 aromatic heterocycles. The maximum absolute atomic E-state index is 15.0. The minimum absolute atomic E-state index is 0.00736. The van der Waals surface area contributed by atoms with Gasteiger partial charge in [-0.15, -0.1) is 11.3 Å². The van der Waals surface area contributed by atoms with Crippen LogP contribution in [-0.2, 0) is 22.5 Å². The molecule has 1 N–H and O–H groups in total. The van der Waals surface area contributed by atoms with Gasteiger partial charge >= 0.3 is 12.2 Å². The van der Waals surface area contributed by atoms with Crippen LogP contribution < -0.4 is 9.47 Å². The van der Waals surface area contributed by atoms with Crippen molar-refractivity contribution in [2.24, 2.45) is 0 Å². The van der Waals surface area contributed by atoms with E-state index in [0.29, 0.717) is 47.4 Å². The number of carbonyl (C=O) groups excluding carboxylic acids is 2. The summed E-state index contributed by atoms with van der Waals surface area (Å²) < 4.78 is 17.2. The highest BCUT2D eigenvalue weighted by atomic mass is 35.5. The molecule has 1 aliphatic carbocycles. The van der Waals surface area contributed by atoms with Gasteiger partial charge in [0.1, 0.15) is 11.4 Å². The molecule has 11 nitrogen and oxygen atoms in total. The fraction of sp³-hybridized carbons (Fsp3) is 0.474. The molecule has 52 heavy (non-hydrogen) atoms. The van der Waals surface area contributed by atoms with Gasteiger partial charge in [0.25, 0.3) is 5.91 Å². The molecule has 0 radical (unpaired) electrons. The maximum atomic E-state index is 15.0. The molecule has 2 aromatic carbocycles. The van der Waals surface area contributed by atoms with Crippen LogP contribution >= 0.6 is 34.5 Å². The molecule has 3 aromatic rings. The Labute approximate surface area is 318 Å². The highest BCUT2D eigenvalue weighted by Crippen LogP contribution is 2.43. The van der Waals surface area contributed by atoms with Gasteiger partial charge in [-0.05, 0) is 88.3 Å². The zero-order valence-electron chi connectivity index (χ0n) is 30.0. The summed E-state index contributed by atoms with van der Waals surface area (Å²) in [6.45, 7) is 8.20. The van der Waals surface area contributed by atoms with E-state index in [1.807, 2.05) is 30.0 Å². The highest BCUT2D eigenvalue weighted by Gasteiger charge is 2.50. The standard InChI is InChI=1S/C38H44Cl2N4O7S/c1-22-23(9-6-12-30(22)49-5)19-43(24-14-15-24)35(45)33-26(17-25-20-42(37(48)51-38(2,3)4)21-29(33)44(25)36(46)47)31-18-41-32(52-31)13-8-16-50-34-27(39)10-7-11-28(34)40/h6-7,9-12,18,24-25,29H,8,13-17,19-21H2,1-5H3,(H,46,47)/t25?,29-/m1/s1. The molecule has 0 spiro atoms. The fourth-order valence-electron chi connectivity index (χ4n) is 6.90. The van der Waals surface area contributed by atoms with Crippen molar-refractivity contribution in [1.82, 2.24) is 19.7 Å². The molecule has 278 valence electrons. The van der Waals surface area contributed by atoms with Crippen LogP contribution in [0, 0.1) is 6.92 Å². The first-order valence-corrected chi connectivity index (χ1v) is 19.0. The van der Waals surface area contributed by atoms with Crippen LogP contribution in [0.1, 0.15) is 67.5 Å². The lowest BCUT2D eigenvalue weighted by Crippen LogP contribution is -2.65. The van der Waals surface area contributed by atoms with Crippen LogP contribution in [0.2, 0.25) is 10.0 Å². The number of benzene rings is 2. The summed E-state index contributed by atoms with van der Waals surface area (Å²) in [4.78, 5) is 51.6. The number of hydrogen-bond donors (Lipinski definition) is 1. The second kappa shape index (κ2) is 15.5. The van der Waals surface area contributed by atoms with Crippen molar-refractivity contribution < 1.29 is 33.7 Å². The van der Waals surface area contributed by atoms with Crippen LogP contribution in [0.15, 0.2) is 48.2 Å². The molecule has 1 saturated heterocycles. The molecule has 2 fully saturated rings. The number of rotatable bonds is 11. The zero-order chi connectivity index (χ0) is 37.3. The third-order valence-electron chi connectivity index (χ3n) is 9.51. The average Bonchev–Trinajstić information content (AvgIpc) is 3.81. The molecule has 1 saturated carbocycles. The molecule has 2 atom stereocenters. The minimum Gasteiger partial charge on any atom is -0.496 e. The number of amides is 3. The van der Waals surface area contributed by atoms with E-state index in [0.717, 1.165) is 45.2 Å². The first-order valence-electron chi connectivity index (χ1n) is 17.4. The van der Waals surface area contributed by atoms with Gasteiger partial charge in [-0.1, -0.05) is 41.4 Å². The summed E-state index contributed by atoms with van der Waals surface area (Å²) in [7, 11) is 1.62. The fourth-order valence-corrected chi connectivity index (χ4v) is 8.44. The van der Waals surface area contributed by atoms with Gasteiger partial charge in [0, 0.05) is 43.9 Å². The number of methoxy groups -OCH3 is 1. The number of hydrogen-bond acceptors (Lipinski definition) is 8. The normalized spacial score (nSPS) is 18.7. The quantitative estimate of drug-likeness (QED) is 0.194. The summed E-state index contributed by atoms with van der Waals surface area (Å²) in [5, 5.41) is 12.3. The molecule has 6 rings (SSSR count).